The van der Waals surface area contributed by atoms with Crippen molar-refractivity contribution in [1.29, 1.82) is 0 Å². The average molecular weight is 147 g/mol. The van der Waals surface area contributed by atoms with Gasteiger partial charge in [-0.3, -0.25) is 0 Å². The van der Waals surface area contributed by atoms with Gasteiger partial charge in [0, 0.05) is 11.8 Å². The van der Waals surface area contributed by atoms with E-state index in [1.54, 1.807) is 6.20 Å². The molecule has 3 nitrogen and oxygen atoms in total. The van der Waals surface area contributed by atoms with Gasteiger partial charge in [0.15, 0.2) is 5.82 Å². The van der Waals surface area contributed by atoms with Crippen LogP contribution in [0.4, 0.5) is 5.82 Å². The first kappa shape index (κ1) is 6.46. The third-order valence-electron chi connectivity index (χ3n) is 1.84. The second-order valence-corrected chi connectivity index (χ2v) is 3.13. The number of fused-ring (bicyclic) bond motifs is 1. The molecule has 0 aliphatic carbocycles. The molecule has 0 saturated heterocycles. The Morgan fingerprint density at radius 1 is 1.36 bits per heavy atom. The molecule has 1 aromatic rings. The fraction of sp³-hybridized carbons (Fsp3) is 0.375. The lowest BCUT2D eigenvalue weighted by Crippen LogP contribution is -2.09. The van der Waals surface area contributed by atoms with Crippen molar-refractivity contribution in [3.63, 3.8) is 0 Å². The SMILES string of the molecule is CC1(C)N=Nc2ncccc21. The van der Waals surface area contributed by atoms with Gasteiger partial charge >= 0.3 is 0 Å². The lowest BCUT2D eigenvalue weighted by Gasteiger charge is -2.11. The summed E-state index contributed by atoms with van der Waals surface area (Å²) in [4.78, 5) is 4.09. The molecule has 56 valence electrons. The van der Waals surface area contributed by atoms with Crippen LogP contribution in [0.1, 0.15) is 19.4 Å². The minimum absolute atomic E-state index is 0.177. The van der Waals surface area contributed by atoms with Crippen LogP contribution in [0.3, 0.4) is 0 Å². The highest BCUT2D eigenvalue weighted by molar-refractivity contribution is 5.44. The van der Waals surface area contributed by atoms with Crippen molar-refractivity contribution in [2.75, 3.05) is 0 Å². The molecule has 0 atom stereocenters. The van der Waals surface area contributed by atoms with Gasteiger partial charge in [0.1, 0.15) is 5.54 Å². The molecule has 1 aromatic heterocycles. The smallest absolute Gasteiger partial charge is 0.179 e. The Bertz CT molecular complexity index is 315. The lowest BCUT2D eigenvalue weighted by atomic mass is 9.98. The van der Waals surface area contributed by atoms with E-state index in [-0.39, 0.29) is 5.54 Å². The largest absolute Gasteiger partial charge is 0.235 e. The van der Waals surface area contributed by atoms with Crippen molar-refractivity contribution in [2.45, 2.75) is 19.4 Å². The molecule has 0 amide bonds. The summed E-state index contributed by atoms with van der Waals surface area (Å²) in [5.41, 5.74) is 0.934. The Balaban J connectivity index is 2.64. The Labute approximate surface area is 65.2 Å². The van der Waals surface area contributed by atoms with E-state index in [1.165, 1.54) is 0 Å². The molecule has 2 rings (SSSR count). The molecule has 2 heterocycles. The maximum atomic E-state index is 4.10. The summed E-state index contributed by atoms with van der Waals surface area (Å²) < 4.78 is 0. The first-order valence-corrected chi connectivity index (χ1v) is 3.58. The number of nitrogens with zero attached hydrogens (tertiary/aromatic N) is 3. The molecule has 0 N–H and O–H groups in total. The third kappa shape index (κ3) is 0.843. The minimum Gasteiger partial charge on any atom is -0.235 e. The van der Waals surface area contributed by atoms with E-state index < -0.39 is 0 Å². The monoisotopic (exact) mass is 147 g/mol. The van der Waals surface area contributed by atoms with Crippen LogP contribution in [0.25, 0.3) is 0 Å². The number of hydrogen-bond donors (Lipinski definition) is 0. The first-order valence-electron chi connectivity index (χ1n) is 3.58. The number of hydrogen-bond acceptors (Lipinski definition) is 3. The van der Waals surface area contributed by atoms with Gasteiger partial charge < -0.3 is 0 Å². The summed E-state index contributed by atoms with van der Waals surface area (Å²) in [5, 5.41) is 8.06. The zero-order valence-corrected chi connectivity index (χ0v) is 6.57. The van der Waals surface area contributed by atoms with Crippen molar-refractivity contribution >= 4 is 5.82 Å². The van der Waals surface area contributed by atoms with E-state index >= 15 is 0 Å². The summed E-state index contributed by atoms with van der Waals surface area (Å²) in [5.74, 6) is 0.762. The van der Waals surface area contributed by atoms with Gasteiger partial charge in [-0.25, -0.2) is 4.98 Å². The van der Waals surface area contributed by atoms with Crippen LogP contribution in [0.5, 0.6) is 0 Å². The first-order chi connectivity index (χ1) is 5.20. The quantitative estimate of drug-likeness (QED) is 0.555. The second-order valence-electron chi connectivity index (χ2n) is 3.13. The zero-order valence-electron chi connectivity index (χ0n) is 6.57. The number of rotatable bonds is 0. The molecule has 0 saturated carbocycles. The maximum absolute atomic E-state index is 4.10. The number of pyridine rings is 1. The topological polar surface area (TPSA) is 37.6 Å². The van der Waals surface area contributed by atoms with Crippen LogP contribution < -0.4 is 0 Å². The summed E-state index contributed by atoms with van der Waals surface area (Å²) in [6.07, 6.45) is 1.74. The molecular formula is C8H9N3. The Morgan fingerprint density at radius 2 is 2.18 bits per heavy atom. The molecule has 0 spiro atoms. The molecule has 0 unspecified atom stereocenters. The van der Waals surface area contributed by atoms with Gasteiger partial charge in [-0.15, -0.1) is 5.11 Å². The molecule has 1 aliphatic heterocycles. The normalized spacial score (nSPS) is 18.4. The van der Waals surface area contributed by atoms with Crippen molar-refractivity contribution < 1.29 is 0 Å². The summed E-state index contributed by atoms with van der Waals surface area (Å²) >= 11 is 0. The van der Waals surface area contributed by atoms with Crippen LogP contribution >= 0.6 is 0 Å². The fourth-order valence-corrected chi connectivity index (χ4v) is 1.18. The number of aromatic nitrogens is 1. The van der Waals surface area contributed by atoms with Gasteiger partial charge in [-0.2, -0.15) is 5.11 Å². The fourth-order valence-electron chi connectivity index (χ4n) is 1.18. The lowest BCUT2D eigenvalue weighted by molar-refractivity contribution is 0.555. The molecule has 3 heteroatoms. The van der Waals surface area contributed by atoms with E-state index in [9.17, 15) is 0 Å². The van der Waals surface area contributed by atoms with Crippen molar-refractivity contribution in [3.8, 4) is 0 Å². The Morgan fingerprint density at radius 3 is 2.91 bits per heavy atom. The molecular weight excluding hydrogens is 138 g/mol. The van der Waals surface area contributed by atoms with Gasteiger partial charge in [0.05, 0.1) is 0 Å². The van der Waals surface area contributed by atoms with Crippen LogP contribution in [0.2, 0.25) is 0 Å². The summed E-state index contributed by atoms with van der Waals surface area (Å²) in [7, 11) is 0. The summed E-state index contributed by atoms with van der Waals surface area (Å²) in [6, 6.07) is 3.93. The Kier molecular flexibility index (Phi) is 1.10. The van der Waals surface area contributed by atoms with Crippen LogP contribution in [-0.2, 0) is 5.54 Å². The highest BCUT2D eigenvalue weighted by atomic mass is 15.2. The number of azo groups is 1. The van der Waals surface area contributed by atoms with Gasteiger partial charge in [-0.05, 0) is 19.9 Å². The van der Waals surface area contributed by atoms with E-state index in [1.807, 2.05) is 26.0 Å². The van der Waals surface area contributed by atoms with Crippen LogP contribution in [0, 0.1) is 0 Å². The van der Waals surface area contributed by atoms with Gasteiger partial charge in [0.2, 0.25) is 0 Å². The van der Waals surface area contributed by atoms with Crippen LogP contribution in [0.15, 0.2) is 28.6 Å². The second kappa shape index (κ2) is 1.87. The van der Waals surface area contributed by atoms with E-state index in [0.29, 0.717) is 0 Å². The van der Waals surface area contributed by atoms with E-state index in [2.05, 4.69) is 15.2 Å². The Hall–Kier alpha value is -1.25. The van der Waals surface area contributed by atoms with Gasteiger partial charge in [0.25, 0.3) is 0 Å². The standard InChI is InChI=1S/C8H9N3/c1-8(2)6-4-3-5-9-7(6)10-11-8/h3-5H,1-2H3. The predicted octanol–water partition coefficient (Wildman–Crippen LogP) is 2.41. The zero-order chi connectivity index (χ0) is 7.90. The highest BCUT2D eigenvalue weighted by Crippen LogP contribution is 2.37. The molecule has 0 fully saturated rings. The van der Waals surface area contributed by atoms with Gasteiger partial charge in [-0.1, -0.05) is 6.07 Å². The predicted molar refractivity (Wildman–Crippen MR) is 41.8 cm³/mol. The molecule has 11 heavy (non-hydrogen) atoms. The third-order valence-corrected chi connectivity index (χ3v) is 1.84. The molecule has 0 radical (unpaired) electrons. The van der Waals surface area contributed by atoms with Crippen molar-refractivity contribution in [3.05, 3.63) is 23.9 Å². The molecule has 1 aliphatic rings. The summed E-state index contributed by atoms with van der Waals surface area (Å²) in [6.45, 7) is 4.06. The maximum Gasteiger partial charge on any atom is 0.179 e. The van der Waals surface area contributed by atoms with Crippen molar-refractivity contribution in [1.82, 2.24) is 4.98 Å². The molecule has 0 aromatic carbocycles. The van der Waals surface area contributed by atoms with Crippen LogP contribution in [-0.4, -0.2) is 4.98 Å². The highest BCUT2D eigenvalue weighted by Gasteiger charge is 2.28. The average Bonchev–Trinajstić information content (AvgIpc) is 2.29. The minimum atomic E-state index is -0.177. The van der Waals surface area contributed by atoms with Crippen molar-refractivity contribution in [2.24, 2.45) is 10.2 Å². The molecule has 0 bridgehead atoms. The van der Waals surface area contributed by atoms with E-state index in [0.717, 1.165) is 11.4 Å². The van der Waals surface area contributed by atoms with E-state index in [4.69, 9.17) is 0 Å².